The fourth-order valence-corrected chi connectivity index (χ4v) is 2.33. The summed E-state index contributed by atoms with van der Waals surface area (Å²) in [6, 6.07) is 4.77. The standard InChI is InChI=1S/C14H14N4O2/c1-9-2-3-11(18(19)20)6-12(9)14-16-8-10-7-15-5-4-13(10)17-14/h2-3,6,8,15H,4-5,7H2,1H3. The van der Waals surface area contributed by atoms with Crippen LogP contribution in [0.2, 0.25) is 0 Å². The van der Waals surface area contributed by atoms with E-state index in [-0.39, 0.29) is 5.69 Å². The molecular formula is C14H14N4O2. The Morgan fingerprint density at radius 2 is 2.25 bits per heavy atom. The Morgan fingerprint density at radius 1 is 1.40 bits per heavy atom. The molecule has 6 heteroatoms. The maximum atomic E-state index is 10.9. The van der Waals surface area contributed by atoms with Gasteiger partial charge in [0.2, 0.25) is 0 Å². The van der Waals surface area contributed by atoms with Gasteiger partial charge in [0.05, 0.1) is 10.6 Å². The van der Waals surface area contributed by atoms with Crippen LogP contribution in [0, 0.1) is 17.0 Å². The molecule has 0 amide bonds. The van der Waals surface area contributed by atoms with Gasteiger partial charge in [-0.15, -0.1) is 0 Å². The maximum Gasteiger partial charge on any atom is 0.270 e. The number of hydrogen-bond acceptors (Lipinski definition) is 5. The summed E-state index contributed by atoms with van der Waals surface area (Å²) in [5, 5.41) is 14.2. The summed E-state index contributed by atoms with van der Waals surface area (Å²) in [5.74, 6) is 0.562. The molecule has 0 saturated heterocycles. The van der Waals surface area contributed by atoms with Gasteiger partial charge in [0.25, 0.3) is 5.69 Å². The zero-order valence-electron chi connectivity index (χ0n) is 11.1. The Morgan fingerprint density at radius 3 is 3.05 bits per heavy atom. The molecule has 0 aliphatic carbocycles. The molecule has 3 rings (SSSR count). The highest BCUT2D eigenvalue weighted by molar-refractivity contribution is 5.63. The van der Waals surface area contributed by atoms with Crippen molar-refractivity contribution in [2.45, 2.75) is 19.9 Å². The SMILES string of the molecule is Cc1ccc([N+](=O)[O-])cc1-c1ncc2c(n1)CCNC2. The summed E-state index contributed by atoms with van der Waals surface area (Å²) < 4.78 is 0. The van der Waals surface area contributed by atoms with Crippen molar-refractivity contribution in [1.82, 2.24) is 15.3 Å². The van der Waals surface area contributed by atoms with Crippen LogP contribution in [0.1, 0.15) is 16.8 Å². The normalized spacial score (nSPS) is 13.8. The van der Waals surface area contributed by atoms with E-state index in [0.717, 1.165) is 41.9 Å². The fraction of sp³-hybridized carbons (Fsp3) is 0.286. The molecule has 0 bridgehead atoms. The van der Waals surface area contributed by atoms with Crippen molar-refractivity contribution in [2.24, 2.45) is 0 Å². The molecule has 0 atom stereocenters. The molecule has 0 radical (unpaired) electrons. The van der Waals surface area contributed by atoms with Crippen LogP contribution in [0.4, 0.5) is 5.69 Å². The zero-order chi connectivity index (χ0) is 14.1. The molecule has 1 N–H and O–H groups in total. The van der Waals surface area contributed by atoms with Crippen molar-refractivity contribution in [3.8, 4) is 11.4 Å². The molecule has 1 aromatic heterocycles. The largest absolute Gasteiger partial charge is 0.312 e. The second-order valence-electron chi connectivity index (χ2n) is 4.85. The lowest BCUT2D eigenvalue weighted by molar-refractivity contribution is -0.384. The Hall–Kier alpha value is -2.34. The number of fused-ring (bicyclic) bond motifs is 1. The summed E-state index contributed by atoms with van der Waals surface area (Å²) in [5.41, 5.74) is 3.85. The molecule has 0 saturated carbocycles. The number of nitrogens with one attached hydrogen (secondary N) is 1. The van der Waals surface area contributed by atoms with Crippen LogP contribution in [0.25, 0.3) is 11.4 Å². The lowest BCUT2D eigenvalue weighted by Crippen LogP contribution is -2.25. The first-order chi connectivity index (χ1) is 9.65. The summed E-state index contributed by atoms with van der Waals surface area (Å²) in [7, 11) is 0. The van der Waals surface area contributed by atoms with Gasteiger partial charge in [0.1, 0.15) is 0 Å². The van der Waals surface area contributed by atoms with Gasteiger partial charge in [0, 0.05) is 49.0 Å². The number of aromatic nitrogens is 2. The third-order valence-electron chi connectivity index (χ3n) is 3.48. The van der Waals surface area contributed by atoms with Crippen LogP contribution in [-0.4, -0.2) is 21.4 Å². The van der Waals surface area contributed by atoms with Gasteiger partial charge in [-0.05, 0) is 12.5 Å². The smallest absolute Gasteiger partial charge is 0.270 e. The van der Waals surface area contributed by atoms with Crippen molar-refractivity contribution < 1.29 is 4.92 Å². The van der Waals surface area contributed by atoms with Crippen molar-refractivity contribution >= 4 is 5.69 Å². The van der Waals surface area contributed by atoms with Gasteiger partial charge in [-0.3, -0.25) is 10.1 Å². The van der Waals surface area contributed by atoms with Crippen LogP contribution in [0.15, 0.2) is 24.4 Å². The van der Waals surface area contributed by atoms with Crippen LogP contribution in [-0.2, 0) is 13.0 Å². The predicted octanol–water partition coefficient (Wildman–Crippen LogP) is 2.01. The third kappa shape index (κ3) is 2.25. The highest BCUT2D eigenvalue weighted by Crippen LogP contribution is 2.26. The average Bonchev–Trinajstić information content (AvgIpc) is 2.47. The molecule has 0 fully saturated rings. The van der Waals surface area contributed by atoms with E-state index in [9.17, 15) is 10.1 Å². The van der Waals surface area contributed by atoms with E-state index in [1.807, 2.05) is 13.1 Å². The highest BCUT2D eigenvalue weighted by Gasteiger charge is 2.15. The Balaban J connectivity index is 2.08. The highest BCUT2D eigenvalue weighted by atomic mass is 16.6. The Kier molecular flexibility index (Phi) is 3.15. The van der Waals surface area contributed by atoms with Gasteiger partial charge in [-0.2, -0.15) is 0 Å². The van der Waals surface area contributed by atoms with Crippen molar-refractivity contribution in [3.63, 3.8) is 0 Å². The van der Waals surface area contributed by atoms with Crippen molar-refractivity contribution in [3.05, 3.63) is 51.3 Å². The van der Waals surface area contributed by atoms with Crippen LogP contribution in [0.3, 0.4) is 0 Å². The average molecular weight is 270 g/mol. The van der Waals surface area contributed by atoms with E-state index >= 15 is 0 Å². The predicted molar refractivity (Wildman–Crippen MR) is 74.3 cm³/mol. The molecule has 1 aliphatic rings. The molecule has 1 aliphatic heterocycles. The number of nitro benzene ring substituents is 1. The van der Waals surface area contributed by atoms with Crippen LogP contribution in [0.5, 0.6) is 0 Å². The molecule has 2 aromatic rings. The quantitative estimate of drug-likeness (QED) is 0.667. The molecule has 102 valence electrons. The molecule has 2 heterocycles. The van der Waals surface area contributed by atoms with E-state index in [0.29, 0.717) is 5.82 Å². The van der Waals surface area contributed by atoms with E-state index < -0.39 is 4.92 Å². The van der Waals surface area contributed by atoms with Gasteiger partial charge in [-0.25, -0.2) is 9.97 Å². The number of nitrogens with zero attached hydrogens (tertiary/aromatic N) is 3. The van der Waals surface area contributed by atoms with Crippen LogP contribution >= 0.6 is 0 Å². The van der Waals surface area contributed by atoms with Gasteiger partial charge < -0.3 is 5.32 Å². The molecule has 0 unspecified atom stereocenters. The number of nitro groups is 1. The molecule has 20 heavy (non-hydrogen) atoms. The van der Waals surface area contributed by atoms with E-state index in [2.05, 4.69) is 15.3 Å². The molecule has 6 nitrogen and oxygen atoms in total. The third-order valence-corrected chi connectivity index (χ3v) is 3.48. The van der Waals surface area contributed by atoms with E-state index in [1.54, 1.807) is 6.07 Å². The maximum absolute atomic E-state index is 10.9. The van der Waals surface area contributed by atoms with E-state index in [4.69, 9.17) is 0 Å². The first kappa shape index (κ1) is 12.7. The van der Waals surface area contributed by atoms with Crippen molar-refractivity contribution in [2.75, 3.05) is 6.54 Å². The summed E-state index contributed by atoms with van der Waals surface area (Å²) in [6.45, 7) is 3.59. The number of aryl methyl sites for hydroxylation is 1. The first-order valence-electron chi connectivity index (χ1n) is 6.46. The Bertz CT molecular complexity index is 685. The number of hydrogen-bond donors (Lipinski definition) is 1. The second-order valence-corrected chi connectivity index (χ2v) is 4.85. The minimum atomic E-state index is -0.398. The monoisotopic (exact) mass is 270 g/mol. The molecule has 1 aromatic carbocycles. The summed E-state index contributed by atoms with van der Waals surface area (Å²) in [4.78, 5) is 19.4. The summed E-state index contributed by atoms with van der Waals surface area (Å²) in [6.07, 6.45) is 2.67. The minimum Gasteiger partial charge on any atom is -0.312 e. The molecule has 0 spiro atoms. The van der Waals surface area contributed by atoms with Crippen molar-refractivity contribution in [1.29, 1.82) is 0 Å². The lowest BCUT2D eigenvalue weighted by atomic mass is 10.1. The number of benzene rings is 1. The number of non-ortho nitro benzene ring substituents is 1. The summed E-state index contributed by atoms with van der Waals surface area (Å²) >= 11 is 0. The van der Waals surface area contributed by atoms with Gasteiger partial charge in [0.15, 0.2) is 5.82 Å². The van der Waals surface area contributed by atoms with Gasteiger partial charge in [-0.1, -0.05) is 6.07 Å². The van der Waals surface area contributed by atoms with Gasteiger partial charge >= 0.3 is 0 Å². The Labute approximate surface area is 116 Å². The lowest BCUT2D eigenvalue weighted by Gasteiger charge is -2.16. The van der Waals surface area contributed by atoms with Crippen LogP contribution < -0.4 is 5.32 Å². The first-order valence-corrected chi connectivity index (χ1v) is 6.46. The second kappa shape index (κ2) is 4.97. The number of rotatable bonds is 2. The zero-order valence-corrected chi connectivity index (χ0v) is 11.1. The van der Waals surface area contributed by atoms with E-state index in [1.165, 1.54) is 12.1 Å². The topological polar surface area (TPSA) is 81.0 Å². The minimum absolute atomic E-state index is 0.0635. The molecular weight excluding hydrogens is 256 g/mol. The fourth-order valence-electron chi connectivity index (χ4n) is 2.33.